The highest BCUT2D eigenvalue weighted by atomic mass is 16.5. The maximum absolute atomic E-state index is 11.3. The number of hydrogen-bond donors (Lipinski definition) is 0. The van der Waals surface area contributed by atoms with Gasteiger partial charge in [0, 0.05) is 0 Å². The molecule has 4 atom stereocenters. The van der Waals surface area contributed by atoms with Crippen molar-refractivity contribution in [1.82, 2.24) is 0 Å². The average Bonchev–Trinajstić information content (AvgIpc) is 2.64. The number of hydrogen-bond acceptors (Lipinski definition) is 3. The third-order valence-corrected chi connectivity index (χ3v) is 2.99. The second-order valence-corrected chi connectivity index (χ2v) is 3.61. The Morgan fingerprint density at radius 2 is 1.58 bits per heavy atom. The molecule has 62 valence electrons. The van der Waals surface area contributed by atoms with Crippen LogP contribution in [0.1, 0.15) is 6.42 Å². The summed E-state index contributed by atoms with van der Waals surface area (Å²) in [5.41, 5.74) is 0. The van der Waals surface area contributed by atoms with Gasteiger partial charge < -0.3 is 4.74 Å². The number of Topliss-reactive ketones (excluding diaryl/α,β-unsaturated/α-hetero) is 2. The van der Waals surface area contributed by atoms with Crippen LogP contribution in [-0.2, 0) is 14.3 Å². The molecule has 3 heteroatoms. The van der Waals surface area contributed by atoms with Crippen molar-refractivity contribution in [2.24, 2.45) is 11.8 Å². The van der Waals surface area contributed by atoms with Crippen LogP contribution in [0.2, 0.25) is 0 Å². The van der Waals surface area contributed by atoms with Crippen LogP contribution in [0, 0.1) is 11.8 Å². The number of fused-ring (bicyclic) bond motifs is 5. The molecule has 0 aromatic rings. The molecular weight excluding hydrogens is 156 g/mol. The molecule has 0 aromatic carbocycles. The molecule has 2 fully saturated rings. The molecule has 2 bridgehead atoms. The highest BCUT2D eigenvalue weighted by Gasteiger charge is 2.56. The first-order valence-corrected chi connectivity index (χ1v) is 4.16. The normalized spacial score (nSPS) is 49.0. The SMILES string of the molecule is O=C1CC(=O)C2C1[C@@H]1C=C[C@H]2O1. The Balaban J connectivity index is 2.08. The summed E-state index contributed by atoms with van der Waals surface area (Å²) in [4.78, 5) is 22.6. The number of ketones is 2. The average molecular weight is 164 g/mol. The van der Waals surface area contributed by atoms with E-state index in [4.69, 9.17) is 4.74 Å². The van der Waals surface area contributed by atoms with E-state index in [-0.39, 0.29) is 42.0 Å². The lowest BCUT2D eigenvalue weighted by Gasteiger charge is -2.12. The number of rotatable bonds is 0. The highest BCUT2D eigenvalue weighted by molar-refractivity contribution is 6.10. The van der Waals surface area contributed by atoms with E-state index >= 15 is 0 Å². The summed E-state index contributed by atoms with van der Waals surface area (Å²) in [6.07, 6.45) is 3.75. The van der Waals surface area contributed by atoms with E-state index in [1.54, 1.807) is 0 Å². The van der Waals surface area contributed by atoms with E-state index in [2.05, 4.69) is 0 Å². The molecule has 0 amide bonds. The highest BCUT2D eigenvalue weighted by Crippen LogP contribution is 2.44. The van der Waals surface area contributed by atoms with E-state index in [1.807, 2.05) is 12.2 Å². The zero-order chi connectivity index (χ0) is 8.29. The van der Waals surface area contributed by atoms with Crippen molar-refractivity contribution < 1.29 is 14.3 Å². The monoisotopic (exact) mass is 164 g/mol. The van der Waals surface area contributed by atoms with Gasteiger partial charge >= 0.3 is 0 Å². The van der Waals surface area contributed by atoms with Crippen molar-refractivity contribution in [3.63, 3.8) is 0 Å². The van der Waals surface area contributed by atoms with Gasteiger partial charge in [-0.05, 0) is 0 Å². The molecule has 3 aliphatic rings. The summed E-state index contributed by atoms with van der Waals surface area (Å²) < 4.78 is 5.43. The summed E-state index contributed by atoms with van der Waals surface area (Å²) in [6, 6.07) is 0. The molecular formula is C9H8O3. The second kappa shape index (κ2) is 1.85. The van der Waals surface area contributed by atoms with Crippen LogP contribution in [0.5, 0.6) is 0 Å². The molecule has 2 heterocycles. The van der Waals surface area contributed by atoms with Gasteiger partial charge in [0.25, 0.3) is 0 Å². The van der Waals surface area contributed by atoms with E-state index in [0.29, 0.717) is 0 Å². The molecule has 1 saturated carbocycles. The van der Waals surface area contributed by atoms with Crippen molar-refractivity contribution in [1.29, 1.82) is 0 Å². The predicted octanol–water partition coefficient (Wildman–Crippen LogP) is 0.0979. The predicted molar refractivity (Wildman–Crippen MR) is 39.4 cm³/mol. The van der Waals surface area contributed by atoms with Gasteiger partial charge in [0.2, 0.25) is 0 Å². The topological polar surface area (TPSA) is 43.4 Å². The van der Waals surface area contributed by atoms with Crippen LogP contribution in [0.3, 0.4) is 0 Å². The minimum absolute atomic E-state index is 0.0712. The molecule has 0 N–H and O–H groups in total. The summed E-state index contributed by atoms with van der Waals surface area (Å²) >= 11 is 0. The smallest absolute Gasteiger partial charge is 0.147 e. The van der Waals surface area contributed by atoms with Crippen LogP contribution in [0.15, 0.2) is 12.2 Å². The fourth-order valence-electron chi connectivity index (χ4n) is 2.48. The zero-order valence-electron chi connectivity index (χ0n) is 6.40. The summed E-state index contributed by atoms with van der Waals surface area (Å²) in [5, 5.41) is 0. The maximum atomic E-state index is 11.3. The Morgan fingerprint density at radius 3 is 2.08 bits per heavy atom. The van der Waals surface area contributed by atoms with Gasteiger partial charge in [-0.15, -0.1) is 0 Å². The Kier molecular flexibility index (Phi) is 1.01. The van der Waals surface area contributed by atoms with E-state index in [9.17, 15) is 9.59 Å². The van der Waals surface area contributed by atoms with Crippen LogP contribution in [0.25, 0.3) is 0 Å². The van der Waals surface area contributed by atoms with Crippen molar-refractivity contribution in [2.75, 3.05) is 0 Å². The molecule has 1 aliphatic carbocycles. The van der Waals surface area contributed by atoms with Gasteiger partial charge in [-0.2, -0.15) is 0 Å². The van der Waals surface area contributed by atoms with Gasteiger partial charge in [0.15, 0.2) is 0 Å². The maximum Gasteiger partial charge on any atom is 0.147 e. The van der Waals surface area contributed by atoms with Gasteiger partial charge in [-0.25, -0.2) is 0 Å². The minimum atomic E-state index is -0.146. The minimum Gasteiger partial charge on any atom is -0.365 e. The molecule has 2 unspecified atom stereocenters. The van der Waals surface area contributed by atoms with Crippen LogP contribution >= 0.6 is 0 Å². The van der Waals surface area contributed by atoms with Gasteiger partial charge in [-0.1, -0.05) is 12.2 Å². The Bertz CT molecular complexity index is 277. The Labute approximate surface area is 69.4 Å². The first-order chi connectivity index (χ1) is 5.77. The largest absolute Gasteiger partial charge is 0.365 e. The number of carbonyl (C=O) groups excluding carboxylic acids is 2. The van der Waals surface area contributed by atoms with Crippen molar-refractivity contribution >= 4 is 11.6 Å². The Hall–Kier alpha value is -0.960. The first kappa shape index (κ1) is 6.54. The zero-order valence-corrected chi connectivity index (χ0v) is 6.40. The molecule has 12 heavy (non-hydrogen) atoms. The molecule has 1 saturated heterocycles. The number of carbonyl (C=O) groups is 2. The van der Waals surface area contributed by atoms with Gasteiger partial charge in [0.1, 0.15) is 11.6 Å². The van der Waals surface area contributed by atoms with Crippen molar-refractivity contribution in [2.45, 2.75) is 18.6 Å². The first-order valence-electron chi connectivity index (χ1n) is 4.16. The fraction of sp³-hybridized carbons (Fsp3) is 0.556. The second-order valence-electron chi connectivity index (χ2n) is 3.61. The third kappa shape index (κ3) is 0.569. The van der Waals surface area contributed by atoms with Crippen molar-refractivity contribution in [3.8, 4) is 0 Å². The molecule has 3 nitrogen and oxygen atoms in total. The molecule has 2 aliphatic heterocycles. The van der Waals surface area contributed by atoms with E-state index in [1.165, 1.54) is 0 Å². The lowest BCUT2D eigenvalue weighted by atomic mass is 9.85. The fourth-order valence-corrected chi connectivity index (χ4v) is 2.48. The lowest BCUT2D eigenvalue weighted by molar-refractivity contribution is -0.125. The molecule has 3 rings (SSSR count). The third-order valence-electron chi connectivity index (χ3n) is 2.99. The quantitative estimate of drug-likeness (QED) is 0.376. The Morgan fingerprint density at radius 1 is 1.08 bits per heavy atom. The van der Waals surface area contributed by atoms with E-state index < -0.39 is 0 Å². The van der Waals surface area contributed by atoms with Crippen molar-refractivity contribution in [3.05, 3.63) is 12.2 Å². The summed E-state index contributed by atoms with van der Waals surface area (Å²) in [5.74, 6) is -0.149. The summed E-state index contributed by atoms with van der Waals surface area (Å²) in [7, 11) is 0. The van der Waals surface area contributed by atoms with Gasteiger partial charge in [-0.3, -0.25) is 9.59 Å². The molecule has 0 spiro atoms. The summed E-state index contributed by atoms with van der Waals surface area (Å²) in [6.45, 7) is 0. The van der Waals surface area contributed by atoms with Crippen LogP contribution < -0.4 is 0 Å². The number of ether oxygens (including phenoxy) is 1. The van der Waals surface area contributed by atoms with Crippen LogP contribution in [-0.4, -0.2) is 23.8 Å². The molecule has 0 aromatic heterocycles. The van der Waals surface area contributed by atoms with Crippen LogP contribution in [0.4, 0.5) is 0 Å². The van der Waals surface area contributed by atoms with E-state index in [0.717, 1.165) is 0 Å². The van der Waals surface area contributed by atoms with Gasteiger partial charge in [0.05, 0.1) is 30.5 Å². The lowest BCUT2D eigenvalue weighted by Crippen LogP contribution is -2.26. The standard InChI is InChI=1S/C9H8O3/c10-4-3-5(11)9-7-2-1-6(12-7)8(4)9/h1-2,6-9H,3H2/t6-,7+,8?,9?. The molecule has 0 radical (unpaired) electrons.